The lowest BCUT2D eigenvalue weighted by Gasteiger charge is -2.18. The van der Waals surface area contributed by atoms with Gasteiger partial charge in [0.25, 0.3) is 11.5 Å². The van der Waals surface area contributed by atoms with Crippen LogP contribution in [0.25, 0.3) is 11.1 Å². The molecule has 2 aromatic heterocycles. The molecule has 2 heterocycles. The Morgan fingerprint density at radius 3 is 2.83 bits per heavy atom. The molecule has 0 fully saturated rings. The first-order valence-corrected chi connectivity index (χ1v) is 9.75. The average Bonchev–Trinajstić information content (AvgIpc) is 2.78. The number of pyridine rings is 2. The number of hydrogen-bond acceptors (Lipinski definition) is 4. The van der Waals surface area contributed by atoms with Crippen molar-refractivity contribution in [2.75, 3.05) is 7.11 Å². The molecule has 1 amide bonds. The van der Waals surface area contributed by atoms with Crippen LogP contribution in [0.4, 0.5) is 0 Å². The summed E-state index contributed by atoms with van der Waals surface area (Å²) in [6.07, 6.45) is 8.81. The van der Waals surface area contributed by atoms with Gasteiger partial charge in [0.1, 0.15) is 5.75 Å². The molecule has 3 aromatic rings. The molecule has 0 radical (unpaired) electrons. The van der Waals surface area contributed by atoms with Gasteiger partial charge in [-0.05, 0) is 55.0 Å². The molecule has 148 valence electrons. The number of benzene rings is 1. The largest absolute Gasteiger partial charge is 0.497 e. The van der Waals surface area contributed by atoms with Crippen molar-refractivity contribution in [3.8, 4) is 16.9 Å². The Labute approximate surface area is 169 Å². The number of H-pyrrole nitrogens is 1. The summed E-state index contributed by atoms with van der Waals surface area (Å²) in [6, 6.07) is 9.41. The van der Waals surface area contributed by atoms with E-state index in [0.29, 0.717) is 12.1 Å². The van der Waals surface area contributed by atoms with E-state index in [9.17, 15) is 9.59 Å². The van der Waals surface area contributed by atoms with Crippen LogP contribution in [0.5, 0.6) is 5.75 Å². The van der Waals surface area contributed by atoms with Gasteiger partial charge in [-0.25, -0.2) is 0 Å². The third-order valence-electron chi connectivity index (χ3n) is 5.31. The number of carbonyl (C=O) groups excluding carboxylic acids is 1. The van der Waals surface area contributed by atoms with Crippen LogP contribution in [0, 0.1) is 0 Å². The van der Waals surface area contributed by atoms with Crippen LogP contribution in [0.3, 0.4) is 0 Å². The van der Waals surface area contributed by atoms with E-state index in [4.69, 9.17) is 4.74 Å². The van der Waals surface area contributed by atoms with Crippen molar-refractivity contribution in [2.24, 2.45) is 0 Å². The van der Waals surface area contributed by atoms with Crippen LogP contribution in [0.1, 0.15) is 39.9 Å². The fourth-order valence-corrected chi connectivity index (χ4v) is 3.80. The molecule has 0 atom stereocenters. The maximum Gasteiger partial charge on any atom is 0.253 e. The topological polar surface area (TPSA) is 84.1 Å². The van der Waals surface area contributed by atoms with Crippen LogP contribution in [-0.4, -0.2) is 23.0 Å². The first kappa shape index (κ1) is 18.9. The van der Waals surface area contributed by atoms with Crippen molar-refractivity contribution < 1.29 is 9.53 Å². The predicted molar refractivity (Wildman–Crippen MR) is 111 cm³/mol. The van der Waals surface area contributed by atoms with Crippen molar-refractivity contribution in [3.05, 3.63) is 81.5 Å². The summed E-state index contributed by atoms with van der Waals surface area (Å²) in [5, 5.41) is 2.92. The van der Waals surface area contributed by atoms with Gasteiger partial charge in [0.05, 0.1) is 12.7 Å². The molecule has 1 aromatic carbocycles. The maximum absolute atomic E-state index is 12.7. The first-order valence-electron chi connectivity index (χ1n) is 9.75. The number of ether oxygens (including phenoxy) is 1. The smallest absolute Gasteiger partial charge is 0.253 e. The molecule has 0 saturated heterocycles. The van der Waals surface area contributed by atoms with Crippen LogP contribution < -0.4 is 15.6 Å². The van der Waals surface area contributed by atoms with Gasteiger partial charge in [-0.15, -0.1) is 0 Å². The summed E-state index contributed by atoms with van der Waals surface area (Å²) in [5.74, 6) is 0.559. The third-order valence-corrected chi connectivity index (χ3v) is 5.31. The lowest BCUT2D eigenvalue weighted by molar-refractivity contribution is 0.0950. The third kappa shape index (κ3) is 4.06. The highest BCUT2D eigenvalue weighted by Gasteiger charge is 2.18. The summed E-state index contributed by atoms with van der Waals surface area (Å²) in [7, 11) is 1.62. The zero-order valence-corrected chi connectivity index (χ0v) is 16.3. The Kier molecular flexibility index (Phi) is 5.42. The molecule has 0 unspecified atom stereocenters. The molecule has 29 heavy (non-hydrogen) atoms. The van der Waals surface area contributed by atoms with Crippen molar-refractivity contribution in [1.29, 1.82) is 0 Å². The van der Waals surface area contributed by atoms with E-state index in [-0.39, 0.29) is 11.5 Å². The van der Waals surface area contributed by atoms with E-state index in [2.05, 4.69) is 15.3 Å². The van der Waals surface area contributed by atoms with Gasteiger partial charge >= 0.3 is 0 Å². The standard InChI is InChI=1S/C23H23N3O3/c1-29-18-6-4-5-15(9-18)11-25-22(27)17-10-16(12-24-13-17)21-14-26-23(28)20-8-3-2-7-19(20)21/h4-6,9-10,12-14H,2-3,7-8,11H2,1H3,(H,25,27)(H,26,28). The number of methoxy groups -OCH3 is 1. The number of aromatic nitrogens is 2. The predicted octanol–water partition coefficient (Wildman–Crippen LogP) is 3.25. The second-order valence-corrected chi connectivity index (χ2v) is 7.19. The normalized spacial score (nSPS) is 12.9. The first-order chi connectivity index (χ1) is 14.2. The minimum atomic E-state index is -0.194. The quantitative estimate of drug-likeness (QED) is 0.702. The summed E-state index contributed by atoms with van der Waals surface area (Å²) < 4.78 is 5.22. The molecule has 1 aliphatic rings. The summed E-state index contributed by atoms with van der Waals surface area (Å²) >= 11 is 0. The molecule has 6 heteroatoms. The molecule has 1 aliphatic carbocycles. The van der Waals surface area contributed by atoms with Gasteiger partial charge in [0.15, 0.2) is 0 Å². The number of nitrogens with one attached hydrogen (secondary N) is 2. The van der Waals surface area contributed by atoms with Crippen LogP contribution in [0.2, 0.25) is 0 Å². The minimum absolute atomic E-state index is 0.0106. The summed E-state index contributed by atoms with van der Waals surface area (Å²) in [6.45, 7) is 0.397. The van der Waals surface area contributed by atoms with E-state index in [1.165, 1.54) is 0 Å². The minimum Gasteiger partial charge on any atom is -0.497 e. The van der Waals surface area contributed by atoms with E-state index in [1.54, 1.807) is 25.7 Å². The zero-order valence-electron chi connectivity index (χ0n) is 16.3. The number of amides is 1. The number of nitrogens with zero attached hydrogens (tertiary/aromatic N) is 1. The molecule has 4 rings (SSSR count). The lowest BCUT2D eigenvalue weighted by Crippen LogP contribution is -2.23. The van der Waals surface area contributed by atoms with Gasteiger partial charge in [-0.3, -0.25) is 14.6 Å². The van der Waals surface area contributed by atoms with Crippen LogP contribution in [-0.2, 0) is 19.4 Å². The van der Waals surface area contributed by atoms with Crippen molar-refractivity contribution in [2.45, 2.75) is 32.2 Å². The van der Waals surface area contributed by atoms with E-state index in [0.717, 1.165) is 59.3 Å². The molecule has 0 spiro atoms. The van der Waals surface area contributed by atoms with Crippen LogP contribution >= 0.6 is 0 Å². The SMILES string of the molecule is COc1cccc(CNC(=O)c2cncc(-c3c[nH]c(=O)c4c3CCCC4)c2)c1. The average molecular weight is 389 g/mol. The Bertz CT molecular complexity index is 1100. The van der Waals surface area contributed by atoms with Crippen molar-refractivity contribution >= 4 is 5.91 Å². The Hall–Kier alpha value is -3.41. The van der Waals surface area contributed by atoms with Gasteiger partial charge in [-0.1, -0.05) is 12.1 Å². The maximum atomic E-state index is 12.7. The molecular formula is C23H23N3O3. The summed E-state index contributed by atoms with van der Waals surface area (Å²) in [4.78, 5) is 31.9. The fourth-order valence-electron chi connectivity index (χ4n) is 3.80. The number of fused-ring (bicyclic) bond motifs is 1. The Balaban J connectivity index is 1.56. The molecule has 0 aliphatic heterocycles. The molecule has 6 nitrogen and oxygen atoms in total. The second kappa shape index (κ2) is 8.31. The molecule has 0 saturated carbocycles. The molecule has 2 N–H and O–H groups in total. The number of carbonyl (C=O) groups is 1. The second-order valence-electron chi connectivity index (χ2n) is 7.19. The highest BCUT2D eigenvalue weighted by molar-refractivity contribution is 5.95. The zero-order chi connectivity index (χ0) is 20.2. The van der Waals surface area contributed by atoms with Crippen molar-refractivity contribution in [1.82, 2.24) is 15.3 Å². The highest BCUT2D eigenvalue weighted by Crippen LogP contribution is 2.29. The van der Waals surface area contributed by atoms with Crippen molar-refractivity contribution in [3.63, 3.8) is 0 Å². The van der Waals surface area contributed by atoms with E-state index in [1.807, 2.05) is 30.3 Å². The monoisotopic (exact) mass is 389 g/mol. The fraction of sp³-hybridized carbons (Fsp3) is 0.261. The highest BCUT2D eigenvalue weighted by atomic mass is 16.5. The van der Waals surface area contributed by atoms with Crippen LogP contribution in [0.15, 0.2) is 53.7 Å². The molecule has 0 bridgehead atoms. The van der Waals surface area contributed by atoms with Gasteiger partial charge in [0, 0.05) is 41.8 Å². The van der Waals surface area contributed by atoms with E-state index >= 15 is 0 Å². The van der Waals surface area contributed by atoms with Gasteiger partial charge in [-0.2, -0.15) is 0 Å². The Morgan fingerprint density at radius 2 is 2.00 bits per heavy atom. The molecular weight excluding hydrogens is 366 g/mol. The van der Waals surface area contributed by atoms with Gasteiger partial charge in [0.2, 0.25) is 0 Å². The number of hydrogen-bond donors (Lipinski definition) is 2. The number of rotatable bonds is 5. The van der Waals surface area contributed by atoms with E-state index < -0.39 is 0 Å². The lowest BCUT2D eigenvalue weighted by atomic mass is 9.88. The van der Waals surface area contributed by atoms with Gasteiger partial charge < -0.3 is 15.0 Å². The Morgan fingerprint density at radius 1 is 1.17 bits per heavy atom. The number of aromatic amines is 1. The summed E-state index contributed by atoms with van der Waals surface area (Å²) in [5.41, 5.74) is 5.17.